The number of hydrogen-bond donors (Lipinski definition) is 1. The van der Waals surface area contributed by atoms with E-state index in [0.29, 0.717) is 48.9 Å². The number of amides is 2. The van der Waals surface area contributed by atoms with E-state index in [9.17, 15) is 9.59 Å². The molecule has 0 aliphatic carbocycles. The van der Waals surface area contributed by atoms with Crippen molar-refractivity contribution in [2.45, 2.75) is 34.1 Å². The van der Waals surface area contributed by atoms with E-state index in [4.69, 9.17) is 9.47 Å². The van der Waals surface area contributed by atoms with Gasteiger partial charge in [0.25, 0.3) is 11.8 Å². The van der Waals surface area contributed by atoms with Crippen LogP contribution >= 0.6 is 0 Å². The smallest absolute Gasteiger partial charge is 0.278 e. The van der Waals surface area contributed by atoms with Gasteiger partial charge in [0.2, 0.25) is 0 Å². The van der Waals surface area contributed by atoms with E-state index < -0.39 is 0 Å². The molecule has 6 nitrogen and oxygen atoms in total. The van der Waals surface area contributed by atoms with Gasteiger partial charge < -0.3 is 14.8 Å². The first-order valence-corrected chi connectivity index (χ1v) is 11.0. The highest BCUT2D eigenvalue weighted by Crippen LogP contribution is 2.32. The molecular weight excluding hydrogens is 404 g/mol. The highest BCUT2D eigenvalue weighted by atomic mass is 16.5. The minimum Gasteiger partial charge on any atom is -0.493 e. The molecule has 2 aromatic rings. The molecule has 0 aromatic heterocycles. The highest BCUT2D eigenvalue weighted by Gasteiger charge is 2.39. The van der Waals surface area contributed by atoms with E-state index in [1.54, 1.807) is 7.11 Å². The summed E-state index contributed by atoms with van der Waals surface area (Å²) >= 11 is 0. The molecule has 0 saturated heterocycles. The average molecular weight is 437 g/mol. The zero-order chi connectivity index (χ0) is 23.3. The van der Waals surface area contributed by atoms with Gasteiger partial charge in [-0.3, -0.25) is 14.5 Å². The van der Waals surface area contributed by atoms with Crippen LogP contribution in [0.3, 0.4) is 0 Å². The number of methoxy groups -OCH3 is 1. The Balaban J connectivity index is 1.96. The van der Waals surface area contributed by atoms with Gasteiger partial charge in [0.05, 0.1) is 12.2 Å². The quantitative estimate of drug-likeness (QED) is 0.437. The van der Waals surface area contributed by atoms with Crippen LogP contribution in [0.4, 0.5) is 5.69 Å². The molecule has 1 aliphatic rings. The fourth-order valence-corrected chi connectivity index (χ4v) is 3.52. The number of imide groups is 1. The number of anilines is 1. The van der Waals surface area contributed by atoms with Gasteiger partial charge in [0.1, 0.15) is 11.4 Å². The van der Waals surface area contributed by atoms with Crippen LogP contribution in [-0.2, 0) is 14.3 Å². The first-order valence-electron chi connectivity index (χ1n) is 11.0. The summed E-state index contributed by atoms with van der Waals surface area (Å²) in [7, 11) is 1.60. The summed E-state index contributed by atoms with van der Waals surface area (Å²) in [6, 6.07) is 13.3. The lowest BCUT2D eigenvalue weighted by Crippen LogP contribution is -2.34. The Labute approximate surface area is 190 Å². The lowest BCUT2D eigenvalue weighted by atomic mass is 10.0. The molecule has 0 saturated carbocycles. The van der Waals surface area contributed by atoms with E-state index in [1.807, 2.05) is 56.3 Å². The Morgan fingerprint density at radius 1 is 1.00 bits per heavy atom. The molecule has 3 rings (SSSR count). The standard InChI is InChI=1S/C26H32N2O4/c1-17(2)16-32-21-11-9-20(10-12-21)23-24(27-22-15-18(3)7-8-19(22)4)26(30)28(25(23)29)13-6-14-31-5/h7-12,15,17,27H,6,13-14,16H2,1-5H3. The van der Waals surface area contributed by atoms with Crippen molar-refractivity contribution in [1.29, 1.82) is 0 Å². The Morgan fingerprint density at radius 2 is 1.72 bits per heavy atom. The third-order valence-electron chi connectivity index (χ3n) is 5.28. The number of rotatable bonds is 10. The van der Waals surface area contributed by atoms with E-state index in [0.717, 1.165) is 22.6 Å². The maximum atomic E-state index is 13.3. The van der Waals surface area contributed by atoms with E-state index in [1.165, 1.54) is 4.90 Å². The van der Waals surface area contributed by atoms with Crippen LogP contribution < -0.4 is 10.1 Å². The lowest BCUT2D eigenvalue weighted by Gasteiger charge is -2.15. The van der Waals surface area contributed by atoms with Crippen LogP contribution in [0, 0.1) is 19.8 Å². The summed E-state index contributed by atoms with van der Waals surface area (Å²) in [5, 5.41) is 3.26. The molecule has 1 N–H and O–H groups in total. The van der Waals surface area contributed by atoms with Crippen LogP contribution in [0.25, 0.3) is 5.57 Å². The second-order valence-corrected chi connectivity index (χ2v) is 8.53. The summed E-state index contributed by atoms with van der Waals surface area (Å²) in [6.07, 6.45) is 0.583. The number of carbonyl (C=O) groups excluding carboxylic acids is 2. The predicted octanol–water partition coefficient (Wildman–Crippen LogP) is 4.57. The van der Waals surface area contributed by atoms with Crippen molar-refractivity contribution >= 4 is 23.1 Å². The SMILES string of the molecule is COCCCN1C(=O)C(Nc2cc(C)ccc2C)=C(c2ccc(OCC(C)C)cc2)C1=O. The summed E-state index contributed by atoms with van der Waals surface area (Å²) in [6.45, 7) is 9.55. The molecule has 1 heterocycles. The van der Waals surface area contributed by atoms with Gasteiger partial charge in [-0.15, -0.1) is 0 Å². The molecule has 32 heavy (non-hydrogen) atoms. The van der Waals surface area contributed by atoms with Gasteiger partial charge in [0.15, 0.2) is 0 Å². The van der Waals surface area contributed by atoms with Gasteiger partial charge in [-0.25, -0.2) is 0 Å². The third-order valence-corrected chi connectivity index (χ3v) is 5.28. The predicted molar refractivity (Wildman–Crippen MR) is 126 cm³/mol. The molecule has 1 aliphatic heterocycles. The molecule has 170 valence electrons. The van der Waals surface area contributed by atoms with Crippen molar-refractivity contribution in [3.05, 3.63) is 64.9 Å². The van der Waals surface area contributed by atoms with Crippen molar-refractivity contribution in [2.75, 3.05) is 32.2 Å². The fraction of sp³-hybridized carbons (Fsp3) is 0.385. The second kappa shape index (κ2) is 10.5. The van der Waals surface area contributed by atoms with Crippen molar-refractivity contribution in [2.24, 2.45) is 5.92 Å². The Kier molecular flexibility index (Phi) is 7.70. The summed E-state index contributed by atoms with van der Waals surface area (Å²) in [4.78, 5) is 27.9. The van der Waals surface area contributed by atoms with Crippen LogP contribution in [0.2, 0.25) is 0 Å². The molecule has 0 spiro atoms. The number of hydrogen-bond acceptors (Lipinski definition) is 5. The zero-order valence-corrected chi connectivity index (χ0v) is 19.5. The van der Waals surface area contributed by atoms with Crippen molar-refractivity contribution in [1.82, 2.24) is 4.90 Å². The number of benzene rings is 2. The molecule has 2 amide bonds. The van der Waals surface area contributed by atoms with Gasteiger partial charge >= 0.3 is 0 Å². The van der Waals surface area contributed by atoms with Crippen molar-refractivity contribution in [3.63, 3.8) is 0 Å². The van der Waals surface area contributed by atoms with E-state index in [-0.39, 0.29) is 11.8 Å². The van der Waals surface area contributed by atoms with Gasteiger partial charge in [-0.1, -0.05) is 38.1 Å². The van der Waals surface area contributed by atoms with Gasteiger partial charge in [-0.05, 0) is 61.1 Å². The maximum Gasteiger partial charge on any atom is 0.278 e. The monoisotopic (exact) mass is 436 g/mol. The molecule has 0 bridgehead atoms. The topological polar surface area (TPSA) is 67.9 Å². The molecule has 6 heteroatoms. The maximum absolute atomic E-state index is 13.3. The summed E-state index contributed by atoms with van der Waals surface area (Å²) < 4.78 is 10.9. The highest BCUT2D eigenvalue weighted by molar-refractivity contribution is 6.36. The summed E-state index contributed by atoms with van der Waals surface area (Å²) in [5.74, 6) is 0.540. The van der Waals surface area contributed by atoms with Crippen LogP contribution in [0.5, 0.6) is 5.75 Å². The molecule has 0 radical (unpaired) electrons. The molecule has 0 fully saturated rings. The molecule has 0 unspecified atom stereocenters. The number of nitrogens with one attached hydrogen (secondary N) is 1. The molecule has 2 aromatic carbocycles. The van der Waals surface area contributed by atoms with Crippen LogP contribution in [0.15, 0.2) is 48.2 Å². The number of aryl methyl sites for hydroxylation is 2. The van der Waals surface area contributed by atoms with Crippen molar-refractivity contribution < 1.29 is 19.1 Å². The van der Waals surface area contributed by atoms with Gasteiger partial charge in [0, 0.05) is 25.9 Å². The fourth-order valence-electron chi connectivity index (χ4n) is 3.52. The average Bonchev–Trinajstić information content (AvgIpc) is 2.99. The number of nitrogens with zero attached hydrogens (tertiary/aromatic N) is 1. The first-order chi connectivity index (χ1) is 15.3. The van der Waals surface area contributed by atoms with Crippen molar-refractivity contribution in [3.8, 4) is 5.75 Å². The number of ether oxygens (including phenoxy) is 2. The first kappa shape index (κ1) is 23.5. The Bertz CT molecular complexity index is 1010. The summed E-state index contributed by atoms with van der Waals surface area (Å²) in [5.41, 5.74) is 4.25. The van der Waals surface area contributed by atoms with E-state index >= 15 is 0 Å². The normalized spacial score (nSPS) is 14.0. The molecule has 0 atom stereocenters. The largest absolute Gasteiger partial charge is 0.493 e. The Morgan fingerprint density at radius 3 is 2.38 bits per heavy atom. The lowest BCUT2D eigenvalue weighted by molar-refractivity contribution is -0.136. The van der Waals surface area contributed by atoms with Crippen LogP contribution in [0.1, 0.15) is 37.0 Å². The molecular formula is C26H32N2O4. The minimum absolute atomic E-state index is 0.297. The minimum atomic E-state index is -0.317. The third kappa shape index (κ3) is 5.37. The zero-order valence-electron chi connectivity index (χ0n) is 19.5. The Hall–Kier alpha value is -3.12. The van der Waals surface area contributed by atoms with Crippen LogP contribution in [-0.4, -0.2) is 43.6 Å². The van der Waals surface area contributed by atoms with Gasteiger partial charge in [-0.2, -0.15) is 0 Å². The number of carbonyl (C=O) groups is 2. The second-order valence-electron chi connectivity index (χ2n) is 8.53. The van der Waals surface area contributed by atoms with E-state index in [2.05, 4.69) is 19.2 Å².